The molecule has 25 heavy (non-hydrogen) atoms. The Labute approximate surface area is 145 Å². The van der Waals surface area contributed by atoms with Crippen LogP contribution in [0, 0.1) is 10.1 Å². The van der Waals surface area contributed by atoms with Gasteiger partial charge in [0.1, 0.15) is 11.7 Å². The molecule has 1 fully saturated rings. The molecule has 0 spiro atoms. The van der Waals surface area contributed by atoms with E-state index in [0.29, 0.717) is 13.0 Å². The lowest BCUT2D eigenvalue weighted by atomic mass is 10.2. The number of amides is 1. The molecule has 1 aliphatic heterocycles. The van der Waals surface area contributed by atoms with Crippen LogP contribution in [0.3, 0.4) is 0 Å². The van der Waals surface area contributed by atoms with Gasteiger partial charge >= 0.3 is 12.1 Å². The number of nitro groups is 1. The summed E-state index contributed by atoms with van der Waals surface area (Å²) in [4.78, 5) is 36.0. The molecule has 1 heterocycles. The van der Waals surface area contributed by atoms with Crippen LogP contribution in [-0.2, 0) is 9.47 Å². The normalized spacial score (nSPS) is 20.2. The second-order valence-electron chi connectivity index (χ2n) is 6.95. The van der Waals surface area contributed by atoms with Crippen molar-refractivity contribution in [3.63, 3.8) is 0 Å². The highest BCUT2D eigenvalue weighted by Gasteiger charge is 2.38. The summed E-state index contributed by atoms with van der Waals surface area (Å²) in [5.41, 5.74) is -0.458. The van der Waals surface area contributed by atoms with Gasteiger partial charge in [-0.15, -0.1) is 0 Å². The minimum absolute atomic E-state index is 0.0955. The first-order valence-electron chi connectivity index (χ1n) is 8.03. The smallest absolute Gasteiger partial charge is 0.410 e. The second kappa shape index (κ2) is 7.08. The highest BCUT2D eigenvalue weighted by atomic mass is 16.6. The molecule has 136 valence electrons. The van der Waals surface area contributed by atoms with Crippen molar-refractivity contribution in [2.45, 2.75) is 51.9 Å². The fourth-order valence-corrected chi connectivity index (χ4v) is 2.57. The van der Waals surface area contributed by atoms with Gasteiger partial charge in [0.25, 0.3) is 5.69 Å². The van der Waals surface area contributed by atoms with Gasteiger partial charge in [0.2, 0.25) is 0 Å². The van der Waals surface area contributed by atoms with Gasteiger partial charge in [-0.05, 0) is 39.8 Å². The third-order valence-electron chi connectivity index (χ3n) is 3.88. The molecule has 0 N–H and O–H groups in total. The number of likely N-dealkylation sites (tertiary alicyclic amines) is 1. The average molecular weight is 350 g/mol. The Morgan fingerprint density at radius 2 is 1.84 bits per heavy atom. The summed E-state index contributed by atoms with van der Waals surface area (Å²) in [6.45, 7) is 7.60. The summed E-state index contributed by atoms with van der Waals surface area (Å²) in [6.07, 6.45) is -0.372. The zero-order valence-electron chi connectivity index (χ0n) is 14.7. The maximum atomic E-state index is 12.2. The highest BCUT2D eigenvalue weighted by molar-refractivity contribution is 5.89. The Hall–Kier alpha value is -2.64. The SMILES string of the molecule is C[C@@H]1[C@@H](OC(=O)c2ccc([N+](=O)[O-])cc2)CCN1C(=O)OC(C)(C)C. The molecular formula is C17H22N2O6. The van der Waals surface area contributed by atoms with Crippen LogP contribution >= 0.6 is 0 Å². The summed E-state index contributed by atoms with van der Waals surface area (Å²) in [7, 11) is 0. The lowest BCUT2D eigenvalue weighted by Crippen LogP contribution is -2.41. The van der Waals surface area contributed by atoms with Crippen molar-refractivity contribution in [2.24, 2.45) is 0 Å². The van der Waals surface area contributed by atoms with Crippen molar-refractivity contribution >= 4 is 17.7 Å². The van der Waals surface area contributed by atoms with Gasteiger partial charge in [-0.25, -0.2) is 9.59 Å². The van der Waals surface area contributed by atoms with E-state index in [1.807, 2.05) is 0 Å². The van der Waals surface area contributed by atoms with E-state index in [4.69, 9.17) is 9.47 Å². The number of hydrogen-bond donors (Lipinski definition) is 0. The van der Waals surface area contributed by atoms with Crippen molar-refractivity contribution in [3.05, 3.63) is 39.9 Å². The standard InChI is InChI=1S/C17H22N2O6/c1-11-14(9-10-18(11)16(21)25-17(2,3)4)24-15(20)12-5-7-13(8-6-12)19(22)23/h5-8,11,14H,9-10H2,1-4H3/t11-,14+/m1/s1. The Balaban J connectivity index is 1.98. The van der Waals surface area contributed by atoms with E-state index in [1.54, 1.807) is 32.6 Å². The first kappa shape index (κ1) is 18.7. The Morgan fingerprint density at radius 1 is 1.24 bits per heavy atom. The fourth-order valence-electron chi connectivity index (χ4n) is 2.57. The summed E-state index contributed by atoms with van der Waals surface area (Å²) < 4.78 is 10.8. The van der Waals surface area contributed by atoms with Gasteiger partial charge in [0.15, 0.2) is 0 Å². The first-order chi connectivity index (χ1) is 11.6. The van der Waals surface area contributed by atoms with E-state index < -0.39 is 28.7 Å². The minimum Gasteiger partial charge on any atom is -0.457 e. The van der Waals surface area contributed by atoms with E-state index in [2.05, 4.69) is 0 Å². The van der Waals surface area contributed by atoms with Gasteiger partial charge in [0, 0.05) is 25.1 Å². The number of rotatable bonds is 3. The van der Waals surface area contributed by atoms with Gasteiger partial charge in [-0.2, -0.15) is 0 Å². The fraction of sp³-hybridized carbons (Fsp3) is 0.529. The lowest BCUT2D eigenvalue weighted by Gasteiger charge is -2.28. The first-order valence-corrected chi connectivity index (χ1v) is 8.03. The molecule has 0 aliphatic carbocycles. The predicted molar refractivity (Wildman–Crippen MR) is 89.3 cm³/mol. The van der Waals surface area contributed by atoms with Gasteiger partial charge < -0.3 is 14.4 Å². The second-order valence-corrected chi connectivity index (χ2v) is 6.95. The molecule has 0 saturated carbocycles. The monoisotopic (exact) mass is 350 g/mol. The molecule has 8 heteroatoms. The Kier molecular flexibility index (Phi) is 5.30. The predicted octanol–water partition coefficient (Wildman–Crippen LogP) is 3.15. The molecular weight excluding hydrogens is 328 g/mol. The Morgan fingerprint density at radius 3 is 2.36 bits per heavy atom. The van der Waals surface area contributed by atoms with Crippen LogP contribution < -0.4 is 0 Å². The van der Waals surface area contributed by atoms with E-state index in [-0.39, 0.29) is 17.3 Å². The molecule has 1 saturated heterocycles. The summed E-state index contributed by atoms with van der Waals surface area (Å²) in [5, 5.41) is 10.6. The molecule has 1 aromatic carbocycles. The molecule has 0 bridgehead atoms. The van der Waals surface area contributed by atoms with Crippen LogP contribution in [0.4, 0.5) is 10.5 Å². The van der Waals surface area contributed by atoms with Gasteiger partial charge in [0.05, 0.1) is 16.5 Å². The molecule has 0 radical (unpaired) electrons. The molecule has 1 aromatic rings. The average Bonchev–Trinajstić information content (AvgIpc) is 2.87. The number of carbonyl (C=O) groups excluding carboxylic acids is 2. The van der Waals surface area contributed by atoms with Crippen molar-refractivity contribution in [1.29, 1.82) is 0 Å². The summed E-state index contributed by atoms with van der Waals surface area (Å²) >= 11 is 0. The third-order valence-corrected chi connectivity index (χ3v) is 3.88. The van der Waals surface area contributed by atoms with Crippen LogP contribution in [0.2, 0.25) is 0 Å². The number of esters is 1. The number of hydrogen-bond acceptors (Lipinski definition) is 6. The van der Waals surface area contributed by atoms with Crippen molar-refractivity contribution < 1.29 is 24.0 Å². The number of nitro benzene ring substituents is 1. The molecule has 8 nitrogen and oxygen atoms in total. The number of nitrogens with zero attached hydrogens (tertiary/aromatic N) is 2. The van der Waals surface area contributed by atoms with Crippen LogP contribution in [0.15, 0.2) is 24.3 Å². The van der Waals surface area contributed by atoms with Crippen molar-refractivity contribution in [1.82, 2.24) is 4.90 Å². The Bertz CT molecular complexity index is 665. The van der Waals surface area contributed by atoms with Gasteiger partial charge in [-0.3, -0.25) is 10.1 Å². The zero-order valence-corrected chi connectivity index (χ0v) is 14.7. The number of carbonyl (C=O) groups is 2. The van der Waals surface area contributed by atoms with Crippen LogP contribution in [-0.4, -0.2) is 46.2 Å². The maximum absolute atomic E-state index is 12.2. The van der Waals surface area contributed by atoms with Crippen LogP contribution in [0.5, 0.6) is 0 Å². The quantitative estimate of drug-likeness (QED) is 0.472. The molecule has 0 unspecified atom stereocenters. The maximum Gasteiger partial charge on any atom is 0.410 e. The van der Waals surface area contributed by atoms with E-state index in [9.17, 15) is 19.7 Å². The van der Waals surface area contributed by atoms with Crippen LogP contribution in [0.25, 0.3) is 0 Å². The number of benzene rings is 1. The minimum atomic E-state index is -0.593. The molecule has 1 aliphatic rings. The van der Waals surface area contributed by atoms with Crippen LogP contribution in [0.1, 0.15) is 44.5 Å². The van der Waals surface area contributed by atoms with E-state index in [1.165, 1.54) is 24.3 Å². The molecule has 0 aromatic heterocycles. The van der Waals surface area contributed by atoms with Gasteiger partial charge in [-0.1, -0.05) is 0 Å². The largest absolute Gasteiger partial charge is 0.457 e. The molecule has 2 atom stereocenters. The third kappa shape index (κ3) is 4.68. The number of non-ortho nitro benzene ring substituents is 1. The highest BCUT2D eigenvalue weighted by Crippen LogP contribution is 2.24. The van der Waals surface area contributed by atoms with Crippen molar-refractivity contribution in [3.8, 4) is 0 Å². The molecule has 1 amide bonds. The zero-order chi connectivity index (χ0) is 18.8. The summed E-state index contributed by atoms with van der Waals surface area (Å²) in [6, 6.07) is 4.90. The summed E-state index contributed by atoms with van der Waals surface area (Å²) in [5.74, 6) is -0.571. The topological polar surface area (TPSA) is 99.0 Å². The van der Waals surface area contributed by atoms with Crippen molar-refractivity contribution in [2.75, 3.05) is 6.54 Å². The lowest BCUT2D eigenvalue weighted by molar-refractivity contribution is -0.384. The number of ether oxygens (including phenoxy) is 2. The molecule has 2 rings (SSSR count). The van der Waals surface area contributed by atoms with E-state index in [0.717, 1.165) is 0 Å². The van der Waals surface area contributed by atoms with E-state index >= 15 is 0 Å².